The highest BCUT2D eigenvalue weighted by atomic mass is 32.2. The van der Waals surface area contributed by atoms with E-state index in [0.717, 1.165) is 30.1 Å². The Kier molecular flexibility index (Phi) is 9.62. The van der Waals surface area contributed by atoms with Crippen molar-refractivity contribution in [1.82, 2.24) is 0 Å². The number of hydrogen-bond donors (Lipinski definition) is 1. The Bertz CT molecular complexity index is 253. The van der Waals surface area contributed by atoms with Crippen LogP contribution in [0.4, 0.5) is 0 Å². The molecule has 0 spiro atoms. The van der Waals surface area contributed by atoms with E-state index in [1.54, 1.807) is 11.8 Å². The van der Waals surface area contributed by atoms with E-state index in [0.29, 0.717) is 6.10 Å². The second-order valence-electron chi connectivity index (χ2n) is 6.40. The third-order valence-corrected chi connectivity index (χ3v) is 5.48. The number of ether oxygens (including phenoxy) is 1. The molecule has 1 aliphatic rings. The maximum absolute atomic E-state index is 7.15. The van der Waals surface area contributed by atoms with Crippen LogP contribution in [0.25, 0.3) is 0 Å². The van der Waals surface area contributed by atoms with E-state index in [9.17, 15) is 0 Å². The molecule has 1 rings (SSSR count). The minimum absolute atomic E-state index is 0.480. The van der Waals surface area contributed by atoms with E-state index >= 15 is 0 Å². The Morgan fingerprint density at radius 1 is 1.25 bits per heavy atom. The molecule has 0 heterocycles. The fourth-order valence-electron chi connectivity index (χ4n) is 3.30. The molecule has 0 amide bonds. The minimum atomic E-state index is 0.480. The topological polar surface area (TPSA) is 33.1 Å². The molecule has 2 nitrogen and oxygen atoms in total. The molecule has 0 aromatic carbocycles. The SMILES string of the molecule is CCCC(CCC)OC[C@H]1C[C@@H](CSC=N)CC[C@@H]1C. The van der Waals surface area contributed by atoms with Crippen molar-refractivity contribution < 1.29 is 4.74 Å². The highest BCUT2D eigenvalue weighted by Gasteiger charge is 2.28. The number of hydrogen-bond acceptors (Lipinski definition) is 3. The summed E-state index contributed by atoms with van der Waals surface area (Å²) in [7, 11) is 0. The third kappa shape index (κ3) is 6.62. The average Bonchev–Trinajstić information content (AvgIpc) is 2.45. The van der Waals surface area contributed by atoms with Gasteiger partial charge in [0.15, 0.2) is 0 Å². The van der Waals surface area contributed by atoms with Crippen molar-refractivity contribution in [2.24, 2.45) is 17.8 Å². The van der Waals surface area contributed by atoms with Gasteiger partial charge in [-0.15, -0.1) is 11.8 Å². The van der Waals surface area contributed by atoms with Gasteiger partial charge in [-0.2, -0.15) is 0 Å². The molecule has 1 saturated carbocycles. The Balaban J connectivity index is 2.36. The van der Waals surface area contributed by atoms with Crippen molar-refractivity contribution >= 4 is 17.3 Å². The van der Waals surface area contributed by atoms with E-state index < -0.39 is 0 Å². The smallest absolute Gasteiger partial charge is 0.0575 e. The summed E-state index contributed by atoms with van der Waals surface area (Å²) in [5.41, 5.74) is 1.49. The van der Waals surface area contributed by atoms with E-state index in [-0.39, 0.29) is 0 Å². The summed E-state index contributed by atoms with van der Waals surface area (Å²) >= 11 is 1.66. The van der Waals surface area contributed by atoms with Crippen LogP contribution in [0.1, 0.15) is 65.7 Å². The predicted octanol–water partition coefficient (Wildman–Crippen LogP) is 5.36. The molecule has 0 aromatic rings. The largest absolute Gasteiger partial charge is 0.378 e. The lowest BCUT2D eigenvalue weighted by Gasteiger charge is -2.34. The van der Waals surface area contributed by atoms with Crippen LogP contribution in [0.2, 0.25) is 0 Å². The molecule has 0 bridgehead atoms. The van der Waals surface area contributed by atoms with E-state index in [1.807, 2.05) is 0 Å². The first-order chi connectivity index (χ1) is 9.71. The summed E-state index contributed by atoms with van der Waals surface area (Å²) in [6.45, 7) is 7.85. The zero-order valence-electron chi connectivity index (χ0n) is 13.6. The maximum Gasteiger partial charge on any atom is 0.0575 e. The second kappa shape index (κ2) is 10.7. The van der Waals surface area contributed by atoms with Gasteiger partial charge in [0.25, 0.3) is 0 Å². The molecule has 0 aliphatic heterocycles. The molecule has 0 aromatic heterocycles. The van der Waals surface area contributed by atoms with Crippen LogP contribution >= 0.6 is 11.8 Å². The van der Waals surface area contributed by atoms with E-state index in [2.05, 4.69) is 20.8 Å². The molecule has 0 saturated heterocycles. The Morgan fingerprint density at radius 2 is 1.95 bits per heavy atom. The van der Waals surface area contributed by atoms with Crippen LogP contribution < -0.4 is 0 Å². The molecule has 1 N–H and O–H groups in total. The quantitative estimate of drug-likeness (QED) is 0.435. The van der Waals surface area contributed by atoms with Crippen molar-refractivity contribution in [1.29, 1.82) is 5.41 Å². The standard InChI is InChI=1S/C17H33NOS/c1-4-6-17(7-5-2)19-11-16-10-15(12-20-13-18)9-8-14(16)3/h13-18H,4-12H2,1-3H3/t14-,15-,16+/m0/s1. The summed E-state index contributed by atoms with van der Waals surface area (Å²) in [5.74, 6) is 3.46. The summed E-state index contributed by atoms with van der Waals surface area (Å²) in [6.07, 6.45) is 9.33. The maximum atomic E-state index is 7.15. The van der Waals surface area contributed by atoms with Crippen LogP contribution in [0.15, 0.2) is 0 Å². The lowest BCUT2D eigenvalue weighted by atomic mass is 9.76. The van der Waals surface area contributed by atoms with Gasteiger partial charge < -0.3 is 10.1 Å². The second-order valence-corrected chi connectivity index (χ2v) is 7.30. The lowest BCUT2D eigenvalue weighted by molar-refractivity contribution is -0.00676. The molecule has 118 valence electrons. The zero-order chi connectivity index (χ0) is 14.8. The van der Waals surface area contributed by atoms with E-state index in [1.165, 1.54) is 50.5 Å². The third-order valence-electron chi connectivity index (χ3n) is 4.65. The highest BCUT2D eigenvalue weighted by Crippen LogP contribution is 2.35. The van der Waals surface area contributed by atoms with Gasteiger partial charge >= 0.3 is 0 Å². The van der Waals surface area contributed by atoms with E-state index in [4.69, 9.17) is 10.1 Å². The Hall–Kier alpha value is -0.0200. The summed E-state index contributed by atoms with van der Waals surface area (Å²) in [5, 5.41) is 7.15. The Labute approximate surface area is 129 Å². The van der Waals surface area contributed by atoms with Crippen molar-refractivity contribution in [2.45, 2.75) is 71.8 Å². The van der Waals surface area contributed by atoms with Crippen LogP contribution in [0, 0.1) is 23.2 Å². The van der Waals surface area contributed by atoms with Crippen molar-refractivity contribution in [3.8, 4) is 0 Å². The first-order valence-electron chi connectivity index (χ1n) is 8.43. The fourth-order valence-corrected chi connectivity index (χ4v) is 3.97. The molecule has 0 unspecified atom stereocenters. The number of rotatable bonds is 10. The molecule has 3 heteroatoms. The van der Waals surface area contributed by atoms with Crippen LogP contribution in [0.3, 0.4) is 0 Å². The average molecular weight is 300 g/mol. The van der Waals surface area contributed by atoms with Crippen LogP contribution in [-0.2, 0) is 4.74 Å². The summed E-state index contributed by atoms with van der Waals surface area (Å²) in [6, 6.07) is 0. The van der Waals surface area contributed by atoms with Crippen molar-refractivity contribution in [3.63, 3.8) is 0 Å². The van der Waals surface area contributed by atoms with Crippen molar-refractivity contribution in [3.05, 3.63) is 0 Å². The molecule has 1 aliphatic carbocycles. The molecule has 1 fully saturated rings. The highest BCUT2D eigenvalue weighted by molar-refractivity contribution is 8.11. The molecule has 0 radical (unpaired) electrons. The van der Waals surface area contributed by atoms with Gasteiger partial charge in [-0.3, -0.25) is 0 Å². The van der Waals surface area contributed by atoms with Gasteiger partial charge in [-0.1, -0.05) is 40.0 Å². The molecule has 3 atom stereocenters. The molecular formula is C17H33NOS. The lowest BCUT2D eigenvalue weighted by Crippen LogP contribution is -2.29. The predicted molar refractivity (Wildman–Crippen MR) is 90.8 cm³/mol. The summed E-state index contributed by atoms with van der Waals surface area (Å²) < 4.78 is 6.23. The van der Waals surface area contributed by atoms with Gasteiger partial charge in [0.2, 0.25) is 0 Å². The first kappa shape index (κ1) is 18.0. The van der Waals surface area contributed by atoms with Gasteiger partial charge in [-0.25, -0.2) is 0 Å². The molecular weight excluding hydrogens is 266 g/mol. The zero-order valence-corrected chi connectivity index (χ0v) is 14.4. The molecule has 20 heavy (non-hydrogen) atoms. The summed E-state index contributed by atoms with van der Waals surface area (Å²) in [4.78, 5) is 0. The van der Waals surface area contributed by atoms with Gasteiger partial charge in [-0.05, 0) is 43.4 Å². The fraction of sp³-hybridized carbons (Fsp3) is 0.941. The van der Waals surface area contributed by atoms with Crippen molar-refractivity contribution in [2.75, 3.05) is 12.4 Å². The van der Waals surface area contributed by atoms with Crippen LogP contribution in [0.5, 0.6) is 0 Å². The number of thioether (sulfide) groups is 1. The minimum Gasteiger partial charge on any atom is -0.378 e. The van der Waals surface area contributed by atoms with Gasteiger partial charge in [0.05, 0.1) is 18.3 Å². The van der Waals surface area contributed by atoms with Gasteiger partial charge in [0.1, 0.15) is 0 Å². The monoisotopic (exact) mass is 299 g/mol. The number of nitrogens with one attached hydrogen (secondary N) is 1. The Morgan fingerprint density at radius 3 is 2.55 bits per heavy atom. The van der Waals surface area contributed by atoms with Crippen LogP contribution in [-0.4, -0.2) is 24.0 Å². The first-order valence-corrected chi connectivity index (χ1v) is 9.48. The van der Waals surface area contributed by atoms with Gasteiger partial charge in [0, 0.05) is 5.75 Å². The normalized spacial score (nSPS) is 26.9.